The number of anilines is 1. The Labute approximate surface area is 155 Å². The molecule has 0 fully saturated rings. The van der Waals surface area contributed by atoms with Crippen LogP contribution in [0, 0.1) is 5.82 Å². The smallest absolute Gasteiger partial charge is 0.323 e. The van der Waals surface area contributed by atoms with Crippen LogP contribution < -0.4 is 15.7 Å². The lowest BCUT2D eigenvalue weighted by Crippen LogP contribution is -2.41. The number of aromatic nitrogens is 2. The van der Waals surface area contributed by atoms with Gasteiger partial charge in [0.2, 0.25) is 5.91 Å². The molecule has 0 bridgehead atoms. The van der Waals surface area contributed by atoms with Gasteiger partial charge in [0.05, 0.1) is 17.1 Å². The average molecular weight is 372 g/mol. The maximum Gasteiger partial charge on any atom is 0.323 e. The summed E-state index contributed by atoms with van der Waals surface area (Å²) in [5, 5.41) is 2.82. The van der Waals surface area contributed by atoms with E-state index in [0.717, 1.165) is 0 Å². The van der Waals surface area contributed by atoms with Gasteiger partial charge in [-0.1, -0.05) is 12.1 Å². The van der Waals surface area contributed by atoms with E-state index in [0.29, 0.717) is 23.3 Å². The fourth-order valence-corrected chi connectivity index (χ4v) is 2.61. The van der Waals surface area contributed by atoms with Gasteiger partial charge < -0.3 is 20.0 Å². The Balaban J connectivity index is 1.53. The second kappa shape index (κ2) is 8.05. The first-order valence-electron chi connectivity index (χ1n) is 8.54. The zero-order chi connectivity index (χ0) is 19.4. The number of halogens is 1. The minimum atomic E-state index is -0.421. The van der Waals surface area contributed by atoms with E-state index >= 15 is 0 Å². The Hall–Kier alpha value is -3.13. The zero-order valence-corrected chi connectivity index (χ0v) is 15.1. The lowest BCUT2D eigenvalue weighted by molar-refractivity contribution is -0.120. The Bertz CT molecular complexity index is 998. The van der Waals surface area contributed by atoms with E-state index in [1.807, 2.05) is 4.90 Å². The van der Waals surface area contributed by atoms with Crippen molar-refractivity contribution in [3.8, 4) is 5.75 Å². The number of benzene rings is 2. The van der Waals surface area contributed by atoms with E-state index in [1.54, 1.807) is 50.4 Å². The molecule has 7 nitrogen and oxygen atoms in total. The number of hydrogen-bond donors (Lipinski definition) is 3. The molecule has 0 spiro atoms. The summed E-state index contributed by atoms with van der Waals surface area (Å²) < 4.78 is 18.9. The quantitative estimate of drug-likeness (QED) is 0.594. The number of rotatable bonds is 7. The minimum Gasteiger partial charge on any atom is -0.489 e. The summed E-state index contributed by atoms with van der Waals surface area (Å²) >= 11 is 0. The minimum absolute atomic E-state index is 0.191. The van der Waals surface area contributed by atoms with Crippen molar-refractivity contribution in [3.63, 3.8) is 0 Å². The van der Waals surface area contributed by atoms with Crippen molar-refractivity contribution >= 4 is 22.6 Å². The van der Waals surface area contributed by atoms with Crippen LogP contribution in [0.5, 0.6) is 5.75 Å². The van der Waals surface area contributed by atoms with Crippen molar-refractivity contribution in [1.29, 1.82) is 0 Å². The molecule has 2 aromatic carbocycles. The van der Waals surface area contributed by atoms with Gasteiger partial charge in [0.1, 0.15) is 6.61 Å². The van der Waals surface area contributed by atoms with Crippen LogP contribution in [0.3, 0.4) is 0 Å². The summed E-state index contributed by atoms with van der Waals surface area (Å²) in [6.07, 6.45) is 0. The SMILES string of the molecule is C[C@@H](C(=O)Nc1ccc2[nH]c(=O)[nH]c2c1)N(C)CCOc1ccccc1F. The Kier molecular flexibility index (Phi) is 5.56. The van der Waals surface area contributed by atoms with Crippen LogP contribution in [0.15, 0.2) is 47.3 Å². The van der Waals surface area contributed by atoms with Gasteiger partial charge in [-0.3, -0.25) is 9.69 Å². The predicted octanol–water partition coefficient (Wildman–Crippen LogP) is 2.33. The number of para-hydroxylation sites is 1. The van der Waals surface area contributed by atoms with Crippen molar-refractivity contribution < 1.29 is 13.9 Å². The number of hydrogen-bond acceptors (Lipinski definition) is 4. The standard InChI is InChI=1S/C19H21FN4O3/c1-12(24(2)9-10-27-17-6-4-3-5-14(17)20)18(25)21-13-7-8-15-16(11-13)23-19(26)22-15/h3-8,11-12H,9-10H2,1-2H3,(H,21,25)(H2,22,23,26)/t12-/m0/s1. The summed E-state index contributed by atoms with van der Waals surface area (Å²) in [6, 6.07) is 10.9. The maximum absolute atomic E-state index is 13.5. The lowest BCUT2D eigenvalue weighted by Gasteiger charge is -2.23. The fourth-order valence-electron chi connectivity index (χ4n) is 2.61. The number of nitrogens with zero attached hydrogens (tertiary/aromatic N) is 1. The average Bonchev–Trinajstić information content (AvgIpc) is 3.01. The summed E-state index contributed by atoms with van der Waals surface area (Å²) in [5.41, 5.74) is 1.59. The molecule has 0 aliphatic carbocycles. The molecule has 0 radical (unpaired) electrons. The first kappa shape index (κ1) is 18.7. The van der Waals surface area contributed by atoms with E-state index in [2.05, 4.69) is 15.3 Å². The molecule has 27 heavy (non-hydrogen) atoms. The van der Waals surface area contributed by atoms with E-state index in [9.17, 15) is 14.0 Å². The van der Waals surface area contributed by atoms with E-state index in [-0.39, 0.29) is 24.0 Å². The van der Waals surface area contributed by atoms with Crippen LogP contribution in [0.4, 0.5) is 10.1 Å². The van der Waals surface area contributed by atoms with Crippen molar-refractivity contribution in [2.24, 2.45) is 0 Å². The summed E-state index contributed by atoms with van der Waals surface area (Å²) in [6.45, 7) is 2.48. The highest BCUT2D eigenvalue weighted by molar-refractivity contribution is 5.96. The molecule has 8 heteroatoms. The number of imidazole rings is 1. The van der Waals surface area contributed by atoms with Gasteiger partial charge >= 0.3 is 5.69 Å². The van der Waals surface area contributed by atoms with Crippen molar-refractivity contribution in [1.82, 2.24) is 14.9 Å². The fraction of sp³-hybridized carbons (Fsp3) is 0.263. The Morgan fingerprint density at radius 3 is 2.74 bits per heavy atom. The highest BCUT2D eigenvalue weighted by Crippen LogP contribution is 2.16. The second-order valence-corrected chi connectivity index (χ2v) is 6.26. The first-order valence-corrected chi connectivity index (χ1v) is 8.54. The molecule has 0 aliphatic rings. The molecule has 0 aliphatic heterocycles. The van der Waals surface area contributed by atoms with Gasteiger partial charge in [-0.05, 0) is 44.3 Å². The van der Waals surface area contributed by atoms with Crippen LogP contribution in [-0.2, 0) is 4.79 Å². The van der Waals surface area contributed by atoms with Gasteiger partial charge in [-0.2, -0.15) is 0 Å². The van der Waals surface area contributed by atoms with Gasteiger partial charge in [-0.25, -0.2) is 9.18 Å². The number of aromatic amines is 2. The largest absolute Gasteiger partial charge is 0.489 e. The third-order valence-electron chi connectivity index (χ3n) is 4.36. The summed E-state index contributed by atoms with van der Waals surface area (Å²) in [5.74, 6) is -0.415. The molecule has 142 valence electrons. The molecule has 1 aromatic heterocycles. The molecule has 1 amide bonds. The number of ether oxygens (including phenoxy) is 1. The first-order chi connectivity index (χ1) is 12.9. The zero-order valence-electron chi connectivity index (χ0n) is 15.1. The number of nitrogens with one attached hydrogen (secondary N) is 3. The van der Waals surface area contributed by atoms with E-state index < -0.39 is 11.9 Å². The van der Waals surface area contributed by atoms with Crippen LogP contribution in [0.2, 0.25) is 0 Å². The number of carbonyl (C=O) groups is 1. The summed E-state index contributed by atoms with van der Waals surface area (Å²) in [4.78, 5) is 30.9. The van der Waals surface area contributed by atoms with Crippen molar-refractivity contribution in [2.75, 3.05) is 25.5 Å². The van der Waals surface area contributed by atoms with Crippen LogP contribution in [0.25, 0.3) is 11.0 Å². The molecular formula is C19H21FN4O3. The highest BCUT2D eigenvalue weighted by Gasteiger charge is 2.18. The van der Waals surface area contributed by atoms with Gasteiger partial charge in [0.15, 0.2) is 11.6 Å². The highest BCUT2D eigenvalue weighted by atomic mass is 19.1. The predicted molar refractivity (Wildman–Crippen MR) is 102 cm³/mol. The van der Waals surface area contributed by atoms with Gasteiger partial charge in [-0.15, -0.1) is 0 Å². The van der Waals surface area contributed by atoms with Crippen LogP contribution in [-0.4, -0.2) is 47.0 Å². The molecular weight excluding hydrogens is 351 g/mol. The molecule has 3 N–H and O–H groups in total. The third kappa shape index (κ3) is 4.53. The van der Waals surface area contributed by atoms with Gasteiger partial charge in [0.25, 0.3) is 0 Å². The molecule has 1 heterocycles. The molecule has 0 unspecified atom stereocenters. The number of fused-ring (bicyclic) bond motifs is 1. The Morgan fingerprint density at radius 1 is 1.22 bits per heavy atom. The second-order valence-electron chi connectivity index (χ2n) is 6.26. The third-order valence-corrected chi connectivity index (χ3v) is 4.36. The number of H-pyrrole nitrogens is 2. The monoisotopic (exact) mass is 372 g/mol. The van der Waals surface area contributed by atoms with Crippen molar-refractivity contribution in [2.45, 2.75) is 13.0 Å². The molecule has 0 saturated carbocycles. The van der Waals surface area contributed by atoms with Crippen LogP contribution in [0.1, 0.15) is 6.92 Å². The number of amides is 1. The molecule has 3 aromatic rings. The maximum atomic E-state index is 13.5. The van der Waals surface area contributed by atoms with Crippen LogP contribution >= 0.6 is 0 Å². The molecule has 0 saturated heterocycles. The lowest BCUT2D eigenvalue weighted by atomic mass is 10.2. The van der Waals surface area contributed by atoms with Gasteiger partial charge in [0, 0.05) is 12.2 Å². The number of likely N-dealkylation sites (N-methyl/N-ethyl adjacent to an activating group) is 1. The topological polar surface area (TPSA) is 90.2 Å². The van der Waals surface area contributed by atoms with E-state index in [1.165, 1.54) is 6.07 Å². The van der Waals surface area contributed by atoms with E-state index in [4.69, 9.17) is 4.74 Å². The summed E-state index contributed by atoms with van der Waals surface area (Å²) in [7, 11) is 1.79. The number of carbonyl (C=O) groups excluding carboxylic acids is 1. The normalized spacial score (nSPS) is 12.3. The molecule has 3 rings (SSSR count). The molecule has 1 atom stereocenters. The van der Waals surface area contributed by atoms with Crippen molar-refractivity contribution in [3.05, 3.63) is 58.8 Å². The Morgan fingerprint density at radius 2 is 1.96 bits per heavy atom.